The van der Waals surface area contributed by atoms with Crippen LogP contribution in [0.5, 0.6) is 5.75 Å². The first kappa shape index (κ1) is 19.5. The smallest absolute Gasteiger partial charge is 0.226 e. The molecule has 2 amide bonds. The molecule has 26 heavy (non-hydrogen) atoms. The van der Waals surface area contributed by atoms with Crippen molar-refractivity contribution in [2.75, 3.05) is 16.8 Å². The Morgan fingerprint density at radius 1 is 1.12 bits per heavy atom. The van der Waals surface area contributed by atoms with Crippen molar-refractivity contribution in [3.8, 4) is 5.75 Å². The lowest BCUT2D eigenvalue weighted by Gasteiger charge is -2.24. The van der Waals surface area contributed by atoms with Gasteiger partial charge in [0, 0.05) is 25.6 Å². The van der Waals surface area contributed by atoms with Gasteiger partial charge in [-0.2, -0.15) is 0 Å². The molecule has 2 rings (SSSR count). The Hall–Kier alpha value is -2.82. The molecule has 1 N–H and O–H groups in total. The van der Waals surface area contributed by atoms with Crippen molar-refractivity contribution < 1.29 is 14.3 Å². The van der Waals surface area contributed by atoms with Gasteiger partial charge < -0.3 is 15.0 Å². The molecule has 0 aliphatic rings. The predicted molar refractivity (Wildman–Crippen MR) is 105 cm³/mol. The minimum absolute atomic E-state index is 0.00502. The van der Waals surface area contributed by atoms with Crippen LogP contribution in [0.15, 0.2) is 48.5 Å². The molecule has 2 aromatic carbocycles. The molecule has 0 radical (unpaired) electrons. The van der Waals surface area contributed by atoms with E-state index in [4.69, 9.17) is 4.74 Å². The molecule has 0 saturated carbocycles. The van der Waals surface area contributed by atoms with Crippen molar-refractivity contribution in [2.24, 2.45) is 0 Å². The maximum atomic E-state index is 12.3. The van der Waals surface area contributed by atoms with E-state index in [9.17, 15) is 9.59 Å². The molecule has 0 saturated heterocycles. The van der Waals surface area contributed by atoms with Gasteiger partial charge in [0.25, 0.3) is 0 Å². The summed E-state index contributed by atoms with van der Waals surface area (Å²) in [4.78, 5) is 26.0. The standard InChI is InChI=1S/C21H26N2O3/c1-15(2)26-20-11-6-5-10-19(20)23(17(4)24)13-12-21(25)22-18-9-7-8-16(3)14-18/h5-11,14-15H,12-13H2,1-4H3,(H,22,25). The number of anilines is 2. The summed E-state index contributed by atoms with van der Waals surface area (Å²) < 4.78 is 5.80. The van der Waals surface area contributed by atoms with Crippen molar-refractivity contribution in [1.29, 1.82) is 0 Å². The van der Waals surface area contributed by atoms with Gasteiger partial charge in [0.1, 0.15) is 5.75 Å². The van der Waals surface area contributed by atoms with Gasteiger partial charge in [0.15, 0.2) is 0 Å². The molecule has 2 aromatic rings. The second kappa shape index (κ2) is 9.04. The molecular formula is C21H26N2O3. The van der Waals surface area contributed by atoms with Gasteiger partial charge in [-0.25, -0.2) is 0 Å². The van der Waals surface area contributed by atoms with E-state index >= 15 is 0 Å². The Morgan fingerprint density at radius 2 is 1.85 bits per heavy atom. The maximum absolute atomic E-state index is 12.3. The van der Waals surface area contributed by atoms with Crippen molar-refractivity contribution in [3.05, 3.63) is 54.1 Å². The highest BCUT2D eigenvalue weighted by atomic mass is 16.5. The number of nitrogens with zero attached hydrogens (tertiary/aromatic N) is 1. The lowest BCUT2D eigenvalue weighted by atomic mass is 10.2. The van der Waals surface area contributed by atoms with E-state index in [1.54, 1.807) is 4.90 Å². The van der Waals surface area contributed by atoms with Crippen LogP contribution in [-0.2, 0) is 9.59 Å². The number of nitrogens with one attached hydrogen (secondary N) is 1. The van der Waals surface area contributed by atoms with Crippen LogP contribution in [0.1, 0.15) is 32.8 Å². The number of carbonyl (C=O) groups is 2. The molecule has 0 aliphatic carbocycles. The number of rotatable bonds is 7. The second-order valence-electron chi connectivity index (χ2n) is 6.47. The highest BCUT2D eigenvalue weighted by Crippen LogP contribution is 2.29. The number of para-hydroxylation sites is 2. The van der Waals surface area contributed by atoms with Crippen molar-refractivity contribution in [3.63, 3.8) is 0 Å². The second-order valence-corrected chi connectivity index (χ2v) is 6.47. The van der Waals surface area contributed by atoms with Crippen molar-refractivity contribution in [1.82, 2.24) is 0 Å². The van der Waals surface area contributed by atoms with Crippen LogP contribution in [0.3, 0.4) is 0 Å². The Bertz CT molecular complexity index is 771. The van der Waals surface area contributed by atoms with Crippen LogP contribution in [-0.4, -0.2) is 24.5 Å². The molecule has 5 heteroatoms. The lowest BCUT2D eigenvalue weighted by molar-refractivity contribution is -0.117. The molecular weight excluding hydrogens is 328 g/mol. The van der Waals surface area contributed by atoms with Crippen LogP contribution >= 0.6 is 0 Å². The normalized spacial score (nSPS) is 10.5. The highest BCUT2D eigenvalue weighted by Gasteiger charge is 2.18. The van der Waals surface area contributed by atoms with Crippen LogP contribution in [0.2, 0.25) is 0 Å². The van der Waals surface area contributed by atoms with Crippen LogP contribution in [0, 0.1) is 6.92 Å². The quantitative estimate of drug-likeness (QED) is 0.812. The Morgan fingerprint density at radius 3 is 2.50 bits per heavy atom. The Balaban J connectivity index is 2.07. The number of hydrogen-bond donors (Lipinski definition) is 1. The zero-order valence-electron chi connectivity index (χ0n) is 15.8. The van der Waals surface area contributed by atoms with Gasteiger partial charge in [0.05, 0.1) is 11.8 Å². The number of amides is 2. The topological polar surface area (TPSA) is 58.6 Å². The third kappa shape index (κ3) is 5.62. The number of aryl methyl sites for hydroxylation is 1. The molecule has 0 heterocycles. The van der Waals surface area contributed by atoms with Crippen LogP contribution in [0.4, 0.5) is 11.4 Å². The highest BCUT2D eigenvalue weighted by molar-refractivity contribution is 5.95. The Labute approximate surface area is 155 Å². The predicted octanol–water partition coefficient (Wildman–Crippen LogP) is 4.16. The van der Waals surface area contributed by atoms with Crippen molar-refractivity contribution >= 4 is 23.2 Å². The van der Waals surface area contributed by atoms with E-state index in [1.807, 2.05) is 69.3 Å². The maximum Gasteiger partial charge on any atom is 0.226 e. The zero-order chi connectivity index (χ0) is 19.1. The minimum atomic E-state index is -0.135. The largest absolute Gasteiger partial charge is 0.489 e. The fraction of sp³-hybridized carbons (Fsp3) is 0.333. The summed E-state index contributed by atoms with van der Waals surface area (Å²) in [7, 11) is 0. The van der Waals surface area contributed by atoms with E-state index in [-0.39, 0.29) is 30.9 Å². The third-order valence-corrected chi connectivity index (χ3v) is 3.76. The van der Waals surface area contributed by atoms with Gasteiger partial charge in [-0.15, -0.1) is 0 Å². The molecule has 0 atom stereocenters. The zero-order valence-corrected chi connectivity index (χ0v) is 15.8. The Kier molecular flexibility index (Phi) is 6.78. The average molecular weight is 354 g/mol. The lowest BCUT2D eigenvalue weighted by Crippen LogP contribution is -2.32. The number of carbonyl (C=O) groups excluding carboxylic acids is 2. The molecule has 5 nitrogen and oxygen atoms in total. The summed E-state index contributed by atoms with van der Waals surface area (Å²) in [5.74, 6) is 0.370. The van der Waals surface area contributed by atoms with Gasteiger partial charge >= 0.3 is 0 Å². The van der Waals surface area contributed by atoms with Gasteiger partial charge in [-0.1, -0.05) is 24.3 Å². The van der Waals surface area contributed by atoms with Gasteiger partial charge in [-0.3, -0.25) is 9.59 Å². The van der Waals surface area contributed by atoms with Crippen LogP contribution < -0.4 is 15.0 Å². The fourth-order valence-corrected chi connectivity index (χ4v) is 2.64. The molecule has 0 aromatic heterocycles. The van der Waals surface area contributed by atoms with E-state index in [1.165, 1.54) is 6.92 Å². The molecule has 0 bridgehead atoms. The first-order chi connectivity index (χ1) is 12.4. The van der Waals surface area contributed by atoms with Crippen LogP contribution in [0.25, 0.3) is 0 Å². The summed E-state index contributed by atoms with van der Waals surface area (Å²) in [5, 5.41) is 2.87. The first-order valence-electron chi connectivity index (χ1n) is 8.77. The summed E-state index contributed by atoms with van der Waals surface area (Å²) in [6.45, 7) is 7.61. The summed E-state index contributed by atoms with van der Waals surface area (Å²) in [6.07, 6.45) is 0.193. The fourth-order valence-electron chi connectivity index (χ4n) is 2.64. The first-order valence-corrected chi connectivity index (χ1v) is 8.77. The number of benzene rings is 2. The SMILES string of the molecule is CC(=O)N(CCC(=O)Nc1cccc(C)c1)c1ccccc1OC(C)C. The van der Waals surface area contributed by atoms with Gasteiger partial charge in [-0.05, 0) is 50.6 Å². The van der Waals surface area contributed by atoms with Crippen molar-refractivity contribution in [2.45, 2.75) is 40.2 Å². The summed E-state index contributed by atoms with van der Waals surface area (Å²) in [5.41, 5.74) is 2.51. The molecule has 138 valence electrons. The van der Waals surface area contributed by atoms with E-state index in [0.717, 1.165) is 11.3 Å². The average Bonchev–Trinajstić information content (AvgIpc) is 2.55. The summed E-state index contributed by atoms with van der Waals surface area (Å²) >= 11 is 0. The number of hydrogen-bond acceptors (Lipinski definition) is 3. The molecule has 0 fully saturated rings. The summed E-state index contributed by atoms with van der Waals surface area (Å²) in [6, 6.07) is 15.0. The van der Waals surface area contributed by atoms with Gasteiger partial charge in [0.2, 0.25) is 11.8 Å². The minimum Gasteiger partial charge on any atom is -0.489 e. The molecule has 0 unspecified atom stereocenters. The van der Waals surface area contributed by atoms with E-state index < -0.39 is 0 Å². The molecule has 0 spiro atoms. The van der Waals surface area contributed by atoms with E-state index in [2.05, 4.69) is 5.32 Å². The van der Waals surface area contributed by atoms with E-state index in [0.29, 0.717) is 11.4 Å². The molecule has 0 aliphatic heterocycles. The third-order valence-electron chi connectivity index (χ3n) is 3.76. The monoisotopic (exact) mass is 354 g/mol. The number of ether oxygens (including phenoxy) is 1.